The van der Waals surface area contributed by atoms with E-state index < -0.39 is 28.2 Å². The molecule has 10 heteroatoms. The van der Waals surface area contributed by atoms with Gasteiger partial charge >= 0.3 is 5.97 Å². The Morgan fingerprint density at radius 2 is 2.03 bits per heavy atom. The molecule has 8 nitrogen and oxygen atoms in total. The van der Waals surface area contributed by atoms with E-state index in [1.165, 1.54) is 30.3 Å². The van der Waals surface area contributed by atoms with E-state index in [1.54, 1.807) is 12.1 Å². The first-order chi connectivity index (χ1) is 14.4. The van der Waals surface area contributed by atoms with Crippen molar-refractivity contribution in [2.24, 2.45) is 0 Å². The number of thioether (sulfide) groups is 1. The van der Waals surface area contributed by atoms with Crippen molar-refractivity contribution in [1.82, 2.24) is 0 Å². The summed E-state index contributed by atoms with van der Waals surface area (Å²) in [5.41, 5.74) is 0.139. The van der Waals surface area contributed by atoms with E-state index in [9.17, 15) is 25.0 Å². The smallest absolute Gasteiger partial charge is 0.351 e. The second-order valence-electron chi connectivity index (χ2n) is 6.08. The van der Waals surface area contributed by atoms with Crippen LogP contribution in [0, 0.1) is 27.3 Å². The summed E-state index contributed by atoms with van der Waals surface area (Å²) < 4.78 is 19.6. The van der Waals surface area contributed by atoms with Crippen LogP contribution in [0.4, 0.5) is 15.8 Å². The molecule has 30 heavy (non-hydrogen) atoms. The zero-order valence-corrected chi connectivity index (χ0v) is 16.4. The molecule has 2 aromatic carbocycles. The Morgan fingerprint density at radius 1 is 1.30 bits per heavy atom. The van der Waals surface area contributed by atoms with Crippen molar-refractivity contribution in [3.8, 4) is 17.2 Å². The van der Waals surface area contributed by atoms with Gasteiger partial charge in [-0.2, -0.15) is 5.26 Å². The fraction of sp³-hybridized carbons (Fsp3) is 0.150. The highest BCUT2D eigenvalue weighted by Gasteiger charge is 2.32. The fourth-order valence-electron chi connectivity index (χ4n) is 2.90. The monoisotopic (exact) mass is 427 g/mol. The Labute approximate surface area is 174 Å². The van der Waals surface area contributed by atoms with E-state index in [4.69, 9.17) is 0 Å². The lowest BCUT2D eigenvalue weighted by Crippen LogP contribution is -2.35. The second-order valence-corrected chi connectivity index (χ2v) is 7.17. The number of nitrogens with zero attached hydrogens (tertiary/aromatic N) is 3. The van der Waals surface area contributed by atoms with Crippen molar-refractivity contribution in [3.63, 3.8) is 0 Å². The van der Waals surface area contributed by atoms with E-state index in [1.807, 2.05) is 0 Å². The van der Waals surface area contributed by atoms with Crippen LogP contribution in [0.15, 0.2) is 53.1 Å². The van der Waals surface area contributed by atoms with Crippen molar-refractivity contribution in [1.29, 1.82) is 5.26 Å². The molecule has 0 spiro atoms. The van der Waals surface area contributed by atoms with Gasteiger partial charge in [0, 0.05) is 24.3 Å². The first-order valence-corrected chi connectivity index (χ1v) is 9.58. The maximum atomic E-state index is 15.0. The third-order valence-corrected chi connectivity index (χ3v) is 5.37. The van der Waals surface area contributed by atoms with Gasteiger partial charge in [0.15, 0.2) is 5.57 Å². The SMILES string of the molecule is COC(=O)/C(C#N)=C1\SCCC(=O)N1c1ccc(-c2cccc([N+](=O)[O-])c2)cc1F. The molecule has 1 amide bonds. The predicted octanol–water partition coefficient (Wildman–Crippen LogP) is 3.78. The Morgan fingerprint density at radius 3 is 2.67 bits per heavy atom. The zero-order chi connectivity index (χ0) is 21.8. The first kappa shape index (κ1) is 21.0. The topological polar surface area (TPSA) is 114 Å². The van der Waals surface area contributed by atoms with Crippen molar-refractivity contribution in [2.75, 3.05) is 17.8 Å². The molecule has 1 aliphatic rings. The number of non-ortho nitro benzene ring substituents is 1. The number of amides is 1. The van der Waals surface area contributed by atoms with Crippen LogP contribution in [0.3, 0.4) is 0 Å². The highest BCUT2D eigenvalue weighted by Crippen LogP contribution is 2.37. The number of hydrogen-bond acceptors (Lipinski definition) is 7. The Hall–Kier alpha value is -3.71. The summed E-state index contributed by atoms with van der Waals surface area (Å²) in [6, 6.07) is 11.4. The predicted molar refractivity (Wildman–Crippen MR) is 108 cm³/mol. The van der Waals surface area contributed by atoms with E-state index >= 15 is 4.39 Å². The van der Waals surface area contributed by atoms with Gasteiger partial charge in [-0.25, -0.2) is 9.18 Å². The summed E-state index contributed by atoms with van der Waals surface area (Å²) in [6.07, 6.45) is 0.0973. The third-order valence-electron chi connectivity index (χ3n) is 4.30. The molecule has 0 bridgehead atoms. The van der Waals surface area contributed by atoms with Gasteiger partial charge < -0.3 is 4.74 Å². The van der Waals surface area contributed by atoms with Crippen molar-refractivity contribution in [3.05, 3.63) is 69.0 Å². The number of nitriles is 1. The number of hydrogen-bond donors (Lipinski definition) is 0. The van der Waals surface area contributed by atoms with E-state index in [0.717, 1.165) is 29.8 Å². The minimum absolute atomic E-state index is 0.00241. The lowest BCUT2D eigenvalue weighted by molar-refractivity contribution is -0.384. The number of esters is 1. The van der Waals surface area contributed by atoms with Gasteiger partial charge in [0.05, 0.1) is 17.7 Å². The molecule has 0 unspecified atom stereocenters. The maximum absolute atomic E-state index is 15.0. The normalized spacial score (nSPS) is 15.4. The Kier molecular flexibility index (Phi) is 6.13. The first-order valence-electron chi connectivity index (χ1n) is 8.60. The Bertz CT molecular complexity index is 1130. The molecule has 0 radical (unpaired) electrons. The van der Waals surface area contributed by atoms with Crippen LogP contribution >= 0.6 is 11.8 Å². The van der Waals surface area contributed by atoms with Crippen LogP contribution < -0.4 is 4.90 Å². The number of benzene rings is 2. The molecule has 0 aliphatic carbocycles. The fourth-order valence-corrected chi connectivity index (χ4v) is 3.97. The number of rotatable bonds is 4. The van der Waals surface area contributed by atoms with E-state index in [2.05, 4.69) is 4.74 Å². The lowest BCUT2D eigenvalue weighted by atomic mass is 10.0. The molecular formula is C20H14FN3O5S. The zero-order valence-electron chi connectivity index (χ0n) is 15.6. The van der Waals surface area contributed by atoms with Gasteiger partial charge in [-0.15, -0.1) is 11.8 Å². The number of nitro benzene ring substituents is 1. The second kappa shape index (κ2) is 8.75. The van der Waals surface area contributed by atoms with Crippen LogP contribution in [-0.2, 0) is 14.3 Å². The van der Waals surface area contributed by atoms with Crippen molar-refractivity contribution >= 4 is 35.0 Å². The van der Waals surface area contributed by atoms with Gasteiger partial charge in [0.2, 0.25) is 5.91 Å². The van der Waals surface area contributed by atoms with Gasteiger partial charge in [-0.1, -0.05) is 18.2 Å². The highest BCUT2D eigenvalue weighted by molar-refractivity contribution is 8.03. The molecule has 2 aromatic rings. The molecule has 1 aliphatic heterocycles. The summed E-state index contributed by atoms with van der Waals surface area (Å²) in [5.74, 6) is -1.84. The number of anilines is 1. The van der Waals surface area contributed by atoms with Gasteiger partial charge in [0.1, 0.15) is 16.9 Å². The Balaban J connectivity index is 2.08. The third kappa shape index (κ3) is 4.01. The molecule has 1 heterocycles. The molecule has 0 N–H and O–H groups in total. The van der Waals surface area contributed by atoms with Crippen molar-refractivity contribution in [2.45, 2.75) is 6.42 Å². The average Bonchev–Trinajstić information content (AvgIpc) is 2.74. The molecule has 0 atom stereocenters. The molecule has 0 saturated carbocycles. The number of ether oxygens (including phenoxy) is 1. The molecule has 0 aromatic heterocycles. The summed E-state index contributed by atoms with van der Waals surface area (Å²) >= 11 is 1.08. The van der Waals surface area contributed by atoms with Crippen molar-refractivity contribution < 1.29 is 23.6 Å². The lowest BCUT2D eigenvalue weighted by Gasteiger charge is -2.30. The molecular weight excluding hydrogens is 413 g/mol. The van der Waals surface area contributed by atoms with Gasteiger partial charge in [-0.3, -0.25) is 19.8 Å². The van der Waals surface area contributed by atoms with Gasteiger partial charge in [0.25, 0.3) is 5.69 Å². The largest absolute Gasteiger partial charge is 0.465 e. The highest BCUT2D eigenvalue weighted by atomic mass is 32.2. The van der Waals surface area contributed by atoms with Crippen LogP contribution in [0.2, 0.25) is 0 Å². The quantitative estimate of drug-likeness (QED) is 0.240. The number of carbonyl (C=O) groups excluding carboxylic acids is 2. The molecule has 3 rings (SSSR count). The molecule has 1 fully saturated rings. The minimum atomic E-state index is -0.923. The van der Waals surface area contributed by atoms with Gasteiger partial charge in [-0.05, 0) is 23.3 Å². The molecule has 1 saturated heterocycles. The summed E-state index contributed by atoms with van der Waals surface area (Å²) in [6.45, 7) is 0. The summed E-state index contributed by atoms with van der Waals surface area (Å²) in [4.78, 5) is 35.9. The molecule has 152 valence electrons. The number of carbonyl (C=O) groups is 2. The maximum Gasteiger partial charge on any atom is 0.351 e. The summed E-state index contributed by atoms with van der Waals surface area (Å²) in [7, 11) is 1.11. The minimum Gasteiger partial charge on any atom is -0.465 e. The standard InChI is InChI=1S/C20H14FN3O5S/c1-29-20(26)15(11-22)19-23(18(25)7-8-30-19)17-6-5-13(10-16(17)21)12-3-2-4-14(9-12)24(27)28/h2-6,9-10H,7-8H2,1H3/b19-15-. The number of nitro groups is 1. The number of halogens is 1. The van der Waals surface area contributed by atoms with Crippen LogP contribution in [0.5, 0.6) is 0 Å². The van der Waals surface area contributed by atoms with E-state index in [-0.39, 0.29) is 22.8 Å². The van der Waals surface area contributed by atoms with E-state index in [0.29, 0.717) is 16.9 Å². The van der Waals surface area contributed by atoms with Crippen LogP contribution in [0.25, 0.3) is 11.1 Å². The summed E-state index contributed by atoms with van der Waals surface area (Å²) in [5, 5.41) is 20.3. The average molecular weight is 427 g/mol. The number of methoxy groups -OCH3 is 1. The van der Waals surface area contributed by atoms with Crippen LogP contribution in [-0.4, -0.2) is 29.7 Å². The van der Waals surface area contributed by atoms with Crippen LogP contribution in [0.1, 0.15) is 6.42 Å².